The zero-order chi connectivity index (χ0) is 15.2. The second kappa shape index (κ2) is 8.02. The lowest BCUT2D eigenvalue weighted by atomic mass is 9.95. The molecule has 1 fully saturated rings. The Bertz CT molecular complexity index is 444. The molecule has 21 heavy (non-hydrogen) atoms. The van der Waals surface area contributed by atoms with Gasteiger partial charge in [0.05, 0.1) is 12.1 Å². The maximum absolute atomic E-state index is 6.17. The van der Waals surface area contributed by atoms with E-state index in [1.807, 2.05) is 6.07 Å². The lowest BCUT2D eigenvalue weighted by molar-refractivity contribution is 0.159. The molecule has 1 aliphatic rings. The van der Waals surface area contributed by atoms with Crippen molar-refractivity contribution in [1.29, 1.82) is 0 Å². The summed E-state index contributed by atoms with van der Waals surface area (Å²) in [5, 5.41) is 4.11. The van der Waals surface area contributed by atoms with Crippen LogP contribution in [0, 0.1) is 5.92 Å². The van der Waals surface area contributed by atoms with Gasteiger partial charge < -0.3 is 10.1 Å². The SMILES string of the molecule is COc1cc([C@H](CCC(C)C)N2CCNCC2)ccc1Cl. The molecule has 0 radical (unpaired) electrons. The Morgan fingerprint density at radius 2 is 1.95 bits per heavy atom. The van der Waals surface area contributed by atoms with Gasteiger partial charge in [0, 0.05) is 32.2 Å². The van der Waals surface area contributed by atoms with Gasteiger partial charge in [-0.3, -0.25) is 4.90 Å². The highest BCUT2D eigenvalue weighted by atomic mass is 35.5. The molecule has 0 amide bonds. The maximum atomic E-state index is 6.17. The summed E-state index contributed by atoms with van der Waals surface area (Å²) in [6.45, 7) is 8.93. The number of rotatable bonds is 6. The van der Waals surface area contributed by atoms with Crippen LogP contribution in [0.3, 0.4) is 0 Å². The lowest BCUT2D eigenvalue weighted by Gasteiger charge is -2.36. The fourth-order valence-corrected chi connectivity index (χ4v) is 3.12. The molecule has 1 N–H and O–H groups in total. The number of halogens is 1. The van der Waals surface area contributed by atoms with Gasteiger partial charge in [0.1, 0.15) is 5.75 Å². The molecule has 0 saturated carbocycles. The number of hydrogen-bond donors (Lipinski definition) is 1. The van der Waals surface area contributed by atoms with Crippen molar-refractivity contribution in [2.45, 2.75) is 32.7 Å². The molecule has 0 unspecified atom stereocenters. The van der Waals surface area contributed by atoms with E-state index in [1.54, 1.807) is 7.11 Å². The summed E-state index contributed by atoms with van der Waals surface area (Å²) in [6, 6.07) is 6.67. The zero-order valence-corrected chi connectivity index (χ0v) is 14.1. The molecule has 0 bridgehead atoms. The van der Waals surface area contributed by atoms with Gasteiger partial charge in [0.15, 0.2) is 0 Å². The van der Waals surface area contributed by atoms with Crippen LogP contribution in [0.15, 0.2) is 18.2 Å². The van der Waals surface area contributed by atoms with E-state index >= 15 is 0 Å². The number of nitrogens with zero attached hydrogens (tertiary/aromatic N) is 1. The van der Waals surface area contributed by atoms with Crippen molar-refractivity contribution in [3.8, 4) is 5.75 Å². The fraction of sp³-hybridized carbons (Fsp3) is 0.647. The minimum Gasteiger partial charge on any atom is -0.495 e. The van der Waals surface area contributed by atoms with Crippen LogP contribution < -0.4 is 10.1 Å². The molecule has 0 spiro atoms. The Hall–Kier alpha value is -0.770. The third-order valence-electron chi connectivity index (χ3n) is 4.17. The van der Waals surface area contributed by atoms with E-state index < -0.39 is 0 Å². The molecule has 1 aliphatic heterocycles. The lowest BCUT2D eigenvalue weighted by Crippen LogP contribution is -2.45. The summed E-state index contributed by atoms with van der Waals surface area (Å²) < 4.78 is 5.39. The number of hydrogen-bond acceptors (Lipinski definition) is 3. The van der Waals surface area contributed by atoms with Crippen molar-refractivity contribution in [3.05, 3.63) is 28.8 Å². The minimum absolute atomic E-state index is 0.459. The number of ether oxygens (including phenoxy) is 1. The molecular formula is C17H27ClN2O. The first kappa shape index (κ1) is 16.6. The minimum atomic E-state index is 0.459. The first-order valence-electron chi connectivity index (χ1n) is 7.90. The Kier molecular flexibility index (Phi) is 6.34. The number of piperazine rings is 1. The van der Waals surface area contributed by atoms with Crippen LogP contribution >= 0.6 is 11.6 Å². The number of nitrogens with one attached hydrogen (secondary N) is 1. The van der Waals surface area contributed by atoms with E-state index in [0.717, 1.165) is 37.8 Å². The second-order valence-electron chi connectivity index (χ2n) is 6.17. The Morgan fingerprint density at radius 1 is 1.24 bits per heavy atom. The van der Waals surface area contributed by atoms with Gasteiger partial charge in [-0.05, 0) is 36.5 Å². The normalized spacial score (nSPS) is 18.0. The van der Waals surface area contributed by atoms with E-state index in [9.17, 15) is 0 Å². The molecule has 2 rings (SSSR count). The van der Waals surface area contributed by atoms with Gasteiger partial charge in [-0.2, -0.15) is 0 Å². The van der Waals surface area contributed by atoms with Gasteiger partial charge in [0.25, 0.3) is 0 Å². The highest BCUT2D eigenvalue weighted by molar-refractivity contribution is 6.32. The standard InChI is InChI=1S/C17H27ClN2O/c1-13(2)4-7-16(20-10-8-19-9-11-20)14-5-6-15(18)17(12-14)21-3/h5-6,12-13,16,19H,4,7-11H2,1-3H3/t16-/m0/s1. The number of methoxy groups -OCH3 is 1. The average Bonchev–Trinajstić information content (AvgIpc) is 2.49. The third-order valence-corrected chi connectivity index (χ3v) is 4.48. The fourth-order valence-electron chi connectivity index (χ4n) is 2.93. The molecule has 1 aromatic rings. The van der Waals surface area contributed by atoms with Crippen LogP contribution in [-0.2, 0) is 0 Å². The van der Waals surface area contributed by atoms with Crippen LogP contribution in [0.2, 0.25) is 5.02 Å². The Balaban J connectivity index is 2.20. The molecule has 1 heterocycles. The van der Waals surface area contributed by atoms with Crippen molar-refractivity contribution in [3.63, 3.8) is 0 Å². The molecule has 1 atom stereocenters. The summed E-state index contributed by atoms with van der Waals surface area (Å²) in [5.41, 5.74) is 1.32. The third kappa shape index (κ3) is 4.60. The van der Waals surface area contributed by atoms with E-state index in [1.165, 1.54) is 18.4 Å². The summed E-state index contributed by atoms with van der Waals surface area (Å²) in [5.74, 6) is 1.50. The first-order valence-corrected chi connectivity index (χ1v) is 8.27. The molecule has 3 nitrogen and oxygen atoms in total. The maximum Gasteiger partial charge on any atom is 0.137 e. The van der Waals surface area contributed by atoms with Gasteiger partial charge in [-0.15, -0.1) is 0 Å². The molecule has 4 heteroatoms. The highest BCUT2D eigenvalue weighted by Gasteiger charge is 2.23. The van der Waals surface area contributed by atoms with Crippen LogP contribution in [0.25, 0.3) is 0 Å². The smallest absolute Gasteiger partial charge is 0.137 e. The van der Waals surface area contributed by atoms with E-state index in [-0.39, 0.29) is 0 Å². The average molecular weight is 311 g/mol. The Morgan fingerprint density at radius 3 is 2.57 bits per heavy atom. The monoisotopic (exact) mass is 310 g/mol. The summed E-state index contributed by atoms with van der Waals surface area (Å²) in [4.78, 5) is 2.58. The quantitative estimate of drug-likeness (QED) is 0.866. The first-order chi connectivity index (χ1) is 10.1. The molecule has 1 saturated heterocycles. The molecule has 0 aromatic heterocycles. The zero-order valence-electron chi connectivity index (χ0n) is 13.4. The van der Waals surface area contributed by atoms with Crippen molar-refractivity contribution in [2.75, 3.05) is 33.3 Å². The van der Waals surface area contributed by atoms with E-state index in [0.29, 0.717) is 11.1 Å². The van der Waals surface area contributed by atoms with Crippen LogP contribution in [0.4, 0.5) is 0 Å². The molecular weight excluding hydrogens is 284 g/mol. The molecule has 118 valence electrons. The predicted molar refractivity (Wildman–Crippen MR) is 89.3 cm³/mol. The second-order valence-corrected chi connectivity index (χ2v) is 6.57. The highest BCUT2D eigenvalue weighted by Crippen LogP contribution is 2.33. The largest absolute Gasteiger partial charge is 0.495 e. The van der Waals surface area contributed by atoms with Crippen LogP contribution in [-0.4, -0.2) is 38.2 Å². The van der Waals surface area contributed by atoms with Gasteiger partial charge in [0.2, 0.25) is 0 Å². The molecule has 0 aliphatic carbocycles. The summed E-state index contributed by atoms with van der Waals surface area (Å²) in [6.07, 6.45) is 2.42. The van der Waals surface area contributed by atoms with Crippen LogP contribution in [0.5, 0.6) is 5.75 Å². The number of benzene rings is 1. The molecule has 1 aromatic carbocycles. The van der Waals surface area contributed by atoms with E-state index in [4.69, 9.17) is 16.3 Å². The van der Waals surface area contributed by atoms with Crippen molar-refractivity contribution in [2.24, 2.45) is 5.92 Å². The van der Waals surface area contributed by atoms with E-state index in [2.05, 4.69) is 36.2 Å². The predicted octanol–water partition coefficient (Wildman–Crippen LogP) is 3.73. The topological polar surface area (TPSA) is 24.5 Å². The Labute approximate surface area is 133 Å². The van der Waals surface area contributed by atoms with Crippen LogP contribution in [0.1, 0.15) is 38.3 Å². The van der Waals surface area contributed by atoms with Gasteiger partial charge in [-0.1, -0.05) is 31.5 Å². The van der Waals surface area contributed by atoms with Gasteiger partial charge >= 0.3 is 0 Å². The van der Waals surface area contributed by atoms with Crippen molar-refractivity contribution in [1.82, 2.24) is 10.2 Å². The van der Waals surface area contributed by atoms with Crippen molar-refractivity contribution < 1.29 is 4.74 Å². The summed E-state index contributed by atoms with van der Waals surface area (Å²) >= 11 is 6.17. The summed E-state index contributed by atoms with van der Waals surface area (Å²) in [7, 11) is 1.68. The van der Waals surface area contributed by atoms with Crippen molar-refractivity contribution >= 4 is 11.6 Å². The van der Waals surface area contributed by atoms with Gasteiger partial charge in [-0.25, -0.2) is 0 Å².